The minimum atomic E-state index is -0.424. The van der Waals surface area contributed by atoms with Crippen molar-refractivity contribution in [1.82, 2.24) is 5.43 Å². The second-order valence-corrected chi connectivity index (χ2v) is 6.26. The van der Waals surface area contributed by atoms with Crippen LogP contribution in [0.3, 0.4) is 0 Å². The van der Waals surface area contributed by atoms with Gasteiger partial charge in [-0.25, -0.2) is 5.43 Å². The summed E-state index contributed by atoms with van der Waals surface area (Å²) >= 11 is 0. The normalized spacial score (nSPS) is 13.3. The fourth-order valence-electron chi connectivity index (χ4n) is 3.39. The highest BCUT2D eigenvalue weighted by atomic mass is 16.3. The predicted octanol–water partition coefficient (Wildman–Crippen LogP) is 3.80. The molecule has 0 aliphatic heterocycles. The molecule has 0 spiro atoms. The highest BCUT2D eigenvalue weighted by molar-refractivity contribution is 6.09. The minimum absolute atomic E-state index is 0.0519. The zero-order chi connectivity index (χ0) is 17.2. The van der Waals surface area contributed by atoms with Gasteiger partial charge in [0.25, 0.3) is 5.91 Å². The molecule has 0 saturated carbocycles. The zero-order valence-corrected chi connectivity index (χ0v) is 13.7. The van der Waals surface area contributed by atoms with Gasteiger partial charge in [-0.2, -0.15) is 5.10 Å². The molecule has 1 aliphatic carbocycles. The maximum absolute atomic E-state index is 12.5. The number of amides is 1. The van der Waals surface area contributed by atoms with Crippen LogP contribution in [0.2, 0.25) is 0 Å². The molecule has 4 rings (SSSR count). The number of carbonyl (C=O) groups is 1. The van der Waals surface area contributed by atoms with Gasteiger partial charge >= 0.3 is 0 Å². The number of phenols is 1. The summed E-state index contributed by atoms with van der Waals surface area (Å²) < 4.78 is 0. The van der Waals surface area contributed by atoms with Crippen molar-refractivity contribution in [2.75, 3.05) is 0 Å². The van der Waals surface area contributed by atoms with Crippen LogP contribution in [-0.2, 0) is 12.8 Å². The lowest BCUT2D eigenvalue weighted by Gasteiger charge is -2.07. The second-order valence-electron chi connectivity index (χ2n) is 6.26. The number of carbonyl (C=O) groups excluding carboxylic acids is 1. The summed E-state index contributed by atoms with van der Waals surface area (Å²) in [5.41, 5.74) is 6.49. The van der Waals surface area contributed by atoms with Gasteiger partial charge in [0.1, 0.15) is 5.75 Å². The van der Waals surface area contributed by atoms with Gasteiger partial charge in [0.05, 0.1) is 11.8 Å². The number of hydrogen-bond donors (Lipinski definition) is 2. The molecule has 0 aromatic heterocycles. The molecule has 0 saturated heterocycles. The fourth-order valence-corrected chi connectivity index (χ4v) is 3.39. The average molecular weight is 330 g/mol. The van der Waals surface area contributed by atoms with E-state index >= 15 is 0 Å². The van der Waals surface area contributed by atoms with E-state index in [0.29, 0.717) is 5.39 Å². The van der Waals surface area contributed by atoms with Gasteiger partial charge in [0, 0.05) is 0 Å². The second kappa shape index (κ2) is 6.40. The van der Waals surface area contributed by atoms with Crippen LogP contribution in [-0.4, -0.2) is 17.2 Å². The molecule has 1 aliphatic rings. The molecule has 0 radical (unpaired) electrons. The Hall–Kier alpha value is -3.14. The molecule has 0 fully saturated rings. The molecule has 2 N–H and O–H groups in total. The SMILES string of the molecule is O=C(N/N=C\c1ccc2c(c1)CCC2)c1c(O)ccc2ccccc12. The summed E-state index contributed by atoms with van der Waals surface area (Å²) in [5, 5.41) is 15.7. The Labute approximate surface area is 145 Å². The zero-order valence-electron chi connectivity index (χ0n) is 13.7. The molecule has 0 unspecified atom stereocenters. The molecular weight excluding hydrogens is 312 g/mol. The maximum Gasteiger partial charge on any atom is 0.275 e. The number of aromatic hydroxyl groups is 1. The van der Waals surface area contributed by atoms with Crippen LogP contribution in [0.25, 0.3) is 10.8 Å². The Morgan fingerprint density at radius 3 is 2.80 bits per heavy atom. The molecule has 0 atom stereocenters. The Kier molecular flexibility index (Phi) is 3.94. The molecule has 3 aromatic carbocycles. The van der Waals surface area contributed by atoms with E-state index in [-0.39, 0.29) is 11.3 Å². The van der Waals surface area contributed by atoms with Gasteiger partial charge in [0.15, 0.2) is 0 Å². The third-order valence-corrected chi connectivity index (χ3v) is 4.64. The monoisotopic (exact) mass is 330 g/mol. The summed E-state index contributed by atoms with van der Waals surface area (Å²) in [7, 11) is 0. The van der Waals surface area contributed by atoms with Crippen LogP contribution < -0.4 is 5.43 Å². The first-order valence-corrected chi connectivity index (χ1v) is 8.38. The van der Waals surface area contributed by atoms with Crippen molar-refractivity contribution in [2.45, 2.75) is 19.3 Å². The number of phenolic OH excluding ortho intramolecular Hbond substituents is 1. The molecule has 0 heterocycles. The number of rotatable bonds is 3. The first-order chi connectivity index (χ1) is 12.2. The summed E-state index contributed by atoms with van der Waals surface area (Å²) in [6.45, 7) is 0. The lowest BCUT2D eigenvalue weighted by molar-refractivity contribution is 0.0954. The number of nitrogens with one attached hydrogen (secondary N) is 1. The Balaban J connectivity index is 1.56. The van der Waals surface area contributed by atoms with Crippen molar-refractivity contribution < 1.29 is 9.90 Å². The number of aryl methyl sites for hydroxylation is 2. The van der Waals surface area contributed by atoms with Gasteiger partial charge in [-0.3, -0.25) is 4.79 Å². The number of hydrazone groups is 1. The summed E-state index contributed by atoms with van der Waals surface area (Å²) in [5.74, 6) is -0.476. The molecule has 4 heteroatoms. The van der Waals surface area contributed by atoms with Crippen LogP contribution in [0.4, 0.5) is 0 Å². The Bertz CT molecular complexity index is 992. The van der Waals surface area contributed by atoms with E-state index in [4.69, 9.17) is 0 Å². The van der Waals surface area contributed by atoms with Crippen molar-refractivity contribution in [2.24, 2.45) is 5.10 Å². The van der Waals surface area contributed by atoms with Crippen molar-refractivity contribution in [3.05, 3.63) is 76.9 Å². The van der Waals surface area contributed by atoms with Crippen molar-refractivity contribution in [3.63, 3.8) is 0 Å². The third-order valence-electron chi connectivity index (χ3n) is 4.64. The molecule has 1 amide bonds. The lowest BCUT2D eigenvalue weighted by atomic mass is 10.0. The predicted molar refractivity (Wildman–Crippen MR) is 99.1 cm³/mol. The standard InChI is InChI=1S/C21H18N2O2/c24-19-11-10-16-4-1-2-7-18(16)20(19)21(25)23-22-13-14-8-9-15-5-3-6-17(15)12-14/h1-2,4,7-13,24H,3,5-6H2,(H,23,25)/b22-13-. The van der Waals surface area contributed by atoms with Crippen LogP contribution in [0.15, 0.2) is 59.7 Å². The van der Waals surface area contributed by atoms with E-state index < -0.39 is 5.91 Å². The summed E-state index contributed by atoms with van der Waals surface area (Å²) in [6.07, 6.45) is 5.09. The lowest BCUT2D eigenvalue weighted by Crippen LogP contribution is -2.18. The van der Waals surface area contributed by atoms with E-state index in [1.807, 2.05) is 30.3 Å². The fraction of sp³-hybridized carbons (Fsp3) is 0.143. The highest BCUT2D eigenvalue weighted by Gasteiger charge is 2.14. The Morgan fingerprint density at radius 1 is 1.04 bits per heavy atom. The number of benzene rings is 3. The van der Waals surface area contributed by atoms with E-state index in [1.165, 1.54) is 23.6 Å². The van der Waals surface area contributed by atoms with E-state index in [2.05, 4.69) is 22.7 Å². The number of fused-ring (bicyclic) bond motifs is 2. The average Bonchev–Trinajstić information content (AvgIpc) is 3.09. The van der Waals surface area contributed by atoms with Gasteiger partial charge in [-0.15, -0.1) is 0 Å². The maximum atomic E-state index is 12.5. The van der Waals surface area contributed by atoms with Crippen molar-refractivity contribution in [1.29, 1.82) is 0 Å². The molecule has 0 bridgehead atoms. The van der Waals surface area contributed by atoms with Gasteiger partial charge in [0.2, 0.25) is 0 Å². The van der Waals surface area contributed by atoms with Gasteiger partial charge in [-0.1, -0.05) is 42.5 Å². The van der Waals surface area contributed by atoms with Crippen LogP contribution in [0.5, 0.6) is 5.75 Å². The first kappa shape index (κ1) is 15.4. The van der Waals surface area contributed by atoms with E-state index in [9.17, 15) is 9.90 Å². The molecule has 124 valence electrons. The smallest absolute Gasteiger partial charge is 0.275 e. The topological polar surface area (TPSA) is 61.7 Å². The van der Waals surface area contributed by atoms with Gasteiger partial charge in [-0.05, 0) is 58.9 Å². The third kappa shape index (κ3) is 2.98. The molecule has 3 aromatic rings. The Morgan fingerprint density at radius 2 is 1.88 bits per heavy atom. The van der Waals surface area contributed by atoms with Crippen LogP contribution in [0, 0.1) is 0 Å². The summed E-state index contributed by atoms with van der Waals surface area (Å²) in [4.78, 5) is 12.5. The van der Waals surface area contributed by atoms with E-state index in [1.54, 1.807) is 12.3 Å². The first-order valence-electron chi connectivity index (χ1n) is 8.38. The number of hydrogen-bond acceptors (Lipinski definition) is 3. The van der Waals surface area contributed by atoms with Crippen LogP contribution in [0.1, 0.15) is 33.5 Å². The van der Waals surface area contributed by atoms with E-state index in [0.717, 1.165) is 23.8 Å². The molecule has 25 heavy (non-hydrogen) atoms. The highest BCUT2D eigenvalue weighted by Crippen LogP contribution is 2.27. The quantitative estimate of drug-likeness (QED) is 0.567. The van der Waals surface area contributed by atoms with Crippen LogP contribution >= 0.6 is 0 Å². The largest absolute Gasteiger partial charge is 0.507 e. The molecule has 4 nitrogen and oxygen atoms in total. The molecular formula is C21H18N2O2. The van der Waals surface area contributed by atoms with Crippen molar-refractivity contribution in [3.8, 4) is 5.75 Å². The van der Waals surface area contributed by atoms with Gasteiger partial charge < -0.3 is 5.11 Å². The number of nitrogens with zero attached hydrogens (tertiary/aromatic N) is 1. The summed E-state index contributed by atoms with van der Waals surface area (Å²) in [6, 6.07) is 17.0. The van der Waals surface area contributed by atoms with Crippen molar-refractivity contribution >= 4 is 22.9 Å². The minimum Gasteiger partial charge on any atom is -0.507 e.